The first-order valence-corrected chi connectivity index (χ1v) is 8.98. The summed E-state index contributed by atoms with van der Waals surface area (Å²) in [4.78, 5) is 36.7. The molecule has 0 spiro atoms. The number of ether oxygens (including phenoxy) is 1. The normalized spacial score (nSPS) is 17.3. The zero-order valence-corrected chi connectivity index (χ0v) is 15.9. The topological polar surface area (TPSA) is 108 Å². The minimum atomic E-state index is -1.01. The van der Waals surface area contributed by atoms with Crippen LogP contribution < -0.4 is 10.6 Å². The van der Waals surface area contributed by atoms with Crippen molar-refractivity contribution in [1.82, 2.24) is 10.2 Å². The number of rotatable bonds is 5. The molecule has 8 nitrogen and oxygen atoms in total. The van der Waals surface area contributed by atoms with Crippen LogP contribution in [0.25, 0.3) is 0 Å². The van der Waals surface area contributed by atoms with E-state index in [0.717, 1.165) is 12.8 Å². The second-order valence-corrected chi connectivity index (χ2v) is 7.58. The Morgan fingerprint density at radius 3 is 2.48 bits per heavy atom. The van der Waals surface area contributed by atoms with Crippen molar-refractivity contribution in [3.8, 4) is 0 Å². The quantitative estimate of drug-likeness (QED) is 0.727. The zero-order valence-electron chi connectivity index (χ0n) is 15.9. The van der Waals surface area contributed by atoms with E-state index in [4.69, 9.17) is 9.84 Å². The standard InChI is InChI=1S/C19H27N3O5/c1-19(2,3)27-18(26)22-10-4-5-15(12-22)20-11-16(23)21-14-8-6-13(7-9-14)17(24)25/h6-9,15,20H,4-5,10-12H2,1-3H3,(H,21,23)(H,24,25)/t15-/m0/s1. The SMILES string of the molecule is CC(C)(C)OC(=O)N1CCC[C@H](NCC(=O)Nc2ccc(C(=O)O)cc2)C1. The summed E-state index contributed by atoms with van der Waals surface area (Å²) in [5.74, 6) is -1.24. The van der Waals surface area contributed by atoms with Gasteiger partial charge in [-0.25, -0.2) is 9.59 Å². The Morgan fingerprint density at radius 2 is 1.89 bits per heavy atom. The first-order valence-electron chi connectivity index (χ1n) is 8.98. The molecular formula is C19H27N3O5. The Morgan fingerprint density at radius 1 is 1.22 bits per heavy atom. The van der Waals surface area contributed by atoms with E-state index in [9.17, 15) is 14.4 Å². The van der Waals surface area contributed by atoms with Crippen LogP contribution in [-0.4, -0.2) is 59.3 Å². The molecule has 0 unspecified atom stereocenters. The molecule has 1 fully saturated rings. The van der Waals surface area contributed by atoms with Gasteiger partial charge < -0.3 is 25.4 Å². The second kappa shape index (κ2) is 8.85. The third-order valence-electron chi connectivity index (χ3n) is 4.04. The number of likely N-dealkylation sites (tertiary alicyclic amines) is 1. The first kappa shape index (κ1) is 20.7. The smallest absolute Gasteiger partial charge is 0.410 e. The minimum absolute atomic E-state index is 0.0198. The third kappa shape index (κ3) is 6.90. The Bertz CT molecular complexity index is 682. The highest BCUT2D eigenvalue weighted by molar-refractivity contribution is 5.93. The number of amides is 2. The fourth-order valence-electron chi connectivity index (χ4n) is 2.77. The minimum Gasteiger partial charge on any atom is -0.478 e. The van der Waals surface area contributed by atoms with Crippen LogP contribution in [0.1, 0.15) is 44.0 Å². The van der Waals surface area contributed by atoms with E-state index in [1.54, 1.807) is 17.0 Å². The predicted octanol–water partition coefficient (Wildman–Crippen LogP) is 2.31. The molecule has 1 atom stereocenters. The molecule has 8 heteroatoms. The number of hydrogen-bond acceptors (Lipinski definition) is 5. The average Bonchev–Trinajstić information content (AvgIpc) is 2.59. The second-order valence-electron chi connectivity index (χ2n) is 7.58. The van der Waals surface area contributed by atoms with Crippen LogP contribution >= 0.6 is 0 Å². The highest BCUT2D eigenvalue weighted by Crippen LogP contribution is 2.15. The van der Waals surface area contributed by atoms with Crippen molar-refractivity contribution < 1.29 is 24.2 Å². The van der Waals surface area contributed by atoms with Gasteiger partial charge in [-0.15, -0.1) is 0 Å². The van der Waals surface area contributed by atoms with Crippen molar-refractivity contribution in [3.63, 3.8) is 0 Å². The number of benzene rings is 1. The van der Waals surface area contributed by atoms with Gasteiger partial charge in [0.05, 0.1) is 12.1 Å². The van der Waals surface area contributed by atoms with Crippen LogP contribution in [0.3, 0.4) is 0 Å². The van der Waals surface area contributed by atoms with E-state index < -0.39 is 11.6 Å². The first-order chi connectivity index (χ1) is 12.6. The van der Waals surface area contributed by atoms with Gasteiger partial charge in [-0.2, -0.15) is 0 Å². The van der Waals surface area contributed by atoms with Gasteiger partial charge in [0.2, 0.25) is 5.91 Å². The fourth-order valence-corrected chi connectivity index (χ4v) is 2.77. The van der Waals surface area contributed by atoms with Crippen molar-refractivity contribution in [3.05, 3.63) is 29.8 Å². The molecule has 0 radical (unpaired) electrons. The van der Waals surface area contributed by atoms with E-state index in [1.165, 1.54) is 12.1 Å². The number of anilines is 1. The van der Waals surface area contributed by atoms with Crippen LogP contribution in [0, 0.1) is 0 Å². The molecule has 0 aliphatic carbocycles. The molecule has 0 saturated carbocycles. The molecule has 148 valence electrons. The van der Waals surface area contributed by atoms with Crippen molar-refractivity contribution in [2.24, 2.45) is 0 Å². The molecule has 2 amide bonds. The number of carbonyl (C=O) groups is 3. The summed E-state index contributed by atoms with van der Waals surface area (Å²) in [6.07, 6.45) is 1.38. The molecular weight excluding hydrogens is 350 g/mol. The highest BCUT2D eigenvalue weighted by atomic mass is 16.6. The summed E-state index contributed by atoms with van der Waals surface area (Å²) in [5, 5.41) is 14.8. The van der Waals surface area contributed by atoms with Crippen LogP contribution in [-0.2, 0) is 9.53 Å². The van der Waals surface area contributed by atoms with Crippen molar-refractivity contribution in [2.75, 3.05) is 25.0 Å². The van der Waals surface area contributed by atoms with E-state index in [-0.39, 0.29) is 30.2 Å². The van der Waals surface area contributed by atoms with Crippen LogP contribution in [0.2, 0.25) is 0 Å². The van der Waals surface area contributed by atoms with Crippen molar-refractivity contribution in [1.29, 1.82) is 0 Å². The third-order valence-corrected chi connectivity index (χ3v) is 4.04. The van der Waals surface area contributed by atoms with E-state index in [2.05, 4.69) is 10.6 Å². The summed E-state index contributed by atoms with van der Waals surface area (Å²) in [5.41, 5.74) is 0.162. The number of carbonyl (C=O) groups excluding carboxylic acids is 2. The lowest BCUT2D eigenvalue weighted by Crippen LogP contribution is -2.50. The molecule has 1 aliphatic heterocycles. The van der Waals surface area contributed by atoms with E-state index >= 15 is 0 Å². The monoisotopic (exact) mass is 377 g/mol. The number of piperidine rings is 1. The van der Waals surface area contributed by atoms with Crippen molar-refractivity contribution >= 4 is 23.7 Å². The van der Waals surface area contributed by atoms with Crippen LogP contribution in [0.5, 0.6) is 0 Å². The van der Waals surface area contributed by atoms with Crippen molar-refractivity contribution in [2.45, 2.75) is 45.3 Å². The summed E-state index contributed by atoms with van der Waals surface area (Å²) in [6, 6.07) is 5.99. The largest absolute Gasteiger partial charge is 0.478 e. The Balaban J connectivity index is 1.78. The Hall–Kier alpha value is -2.61. The number of nitrogens with zero attached hydrogens (tertiary/aromatic N) is 1. The predicted molar refractivity (Wildman–Crippen MR) is 101 cm³/mol. The number of aromatic carboxylic acids is 1. The highest BCUT2D eigenvalue weighted by Gasteiger charge is 2.27. The van der Waals surface area contributed by atoms with Gasteiger partial charge in [0, 0.05) is 24.8 Å². The maximum Gasteiger partial charge on any atom is 0.410 e. The molecule has 1 aliphatic rings. The average molecular weight is 377 g/mol. The lowest BCUT2D eigenvalue weighted by atomic mass is 10.1. The van der Waals surface area contributed by atoms with Crippen LogP contribution in [0.15, 0.2) is 24.3 Å². The van der Waals surface area contributed by atoms with E-state index in [0.29, 0.717) is 18.8 Å². The molecule has 1 aromatic carbocycles. The molecule has 1 heterocycles. The molecule has 1 aromatic rings. The molecule has 27 heavy (non-hydrogen) atoms. The number of nitrogens with one attached hydrogen (secondary N) is 2. The molecule has 0 bridgehead atoms. The van der Waals surface area contributed by atoms with E-state index in [1.807, 2.05) is 20.8 Å². The number of carboxylic acid groups (broad SMARTS) is 1. The summed E-state index contributed by atoms with van der Waals surface area (Å²) < 4.78 is 5.39. The summed E-state index contributed by atoms with van der Waals surface area (Å²) in [7, 11) is 0. The lowest BCUT2D eigenvalue weighted by Gasteiger charge is -2.34. The molecule has 3 N–H and O–H groups in total. The maximum absolute atomic E-state index is 12.2. The van der Waals surface area contributed by atoms with Gasteiger partial charge in [0.25, 0.3) is 0 Å². The number of carboxylic acids is 1. The van der Waals surface area contributed by atoms with Gasteiger partial charge in [0.15, 0.2) is 0 Å². The molecule has 1 saturated heterocycles. The van der Waals surface area contributed by atoms with Gasteiger partial charge >= 0.3 is 12.1 Å². The Kier molecular flexibility index (Phi) is 6.79. The molecule has 2 rings (SSSR count). The van der Waals surface area contributed by atoms with Gasteiger partial charge in [-0.3, -0.25) is 4.79 Å². The lowest BCUT2D eigenvalue weighted by molar-refractivity contribution is -0.115. The van der Waals surface area contributed by atoms with Gasteiger partial charge in [0.1, 0.15) is 5.60 Å². The van der Waals surface area contributed by atoms with Crippen LogP contribution in [0.4, 0.5) is 10.5 Å². The van der Waals surface area contributed by atoms with Gasteiger partial charge in [-0.1, -0.05) is 0 Å². The molecule has 0 aromatic heterocycles. The zero-order chi connectivity index (χ0) is 20.0. The Labute approximate surface area is 158 Å². The maximum atomic E-state index is 12.2. The summed E-state index contributed by atoms with van der Waals surface area (Å²) in [6.45, 7) is 6.74. The summed E-state index contributed by atoms with van der Waals surface area (Å²) >= 11 is 0. The van der Waals surface area contributed by atoms with Gasteiger partial charge in [-0.05, 0) is 57.9 Å². The fraction of sp³-hybridized carbons (Fsp3) is 0.526. The number of hydrogen-bond donors (Lipinski definition) is 3.